The van der Waals surface area contributed by atoms with Gasteiger partial charge in [0.25, 0.3) is 0 Å². The Morgan fingerprint density at radius 3 is 2.80 bits per heavy atom. The predicted octanol–water partition coefficient (Wildman–Crippen LogP) is 2.56. The van der Waals surface area contributed by atoms with Gasteiger partial charge in [-0.25, -0.2) is 4.98 Å². The van der Waals surface area contributed by atoms with Gasteiger partial charge in [-0.15, -0.1) is 0 Å². The molecular weight excluding hydrogens is 254 g/mol. The zero-order valence-corrected chi connectivity index (χ0v) is 10.8. The Morgan fingerprint density at radius 2 is 2.27 bits per heavy atom. The Bertz CT molecular complexity index is 305. The smallest absolute Gasteiger partial charge is 0.138 e. The number of rotatable bonds is 4. The average Bonchev–Trinajstić information content (AvgIpc) is 2.86. The highest BCUT2D eigenvalue weighted by Crippen LogP contribution is 2.33. The Hall–Kier alpha value is -0.380. The van der Waals surface area contributed by atoms with Crippen molar-refractivity contribution in [2.45, 2.75) is 32.1 Å². The Morgan fingerprint density at radius 1 is 1.53 bits per heavy atom. The summed E-state index contributed by atoms with van der Waals surface area (Å²) >= 11 is 3.64. The van der Waals surface area contributed by atoms with Crippen molar-refractivity contribution in [3.05, 3.63) is 12.2 Å². The van der Waals surface area contributed by atoms with E-state index in [0.717, 1.165) is 29.4 Å². The van der Waals surface area contributed by atoms with Crippen LogP contribution >= 0.6 is 15.9 Å². The highest BCUT2D eigenvalue weighted by atomic mass is 79.9. The molecule has 4 heteroatoms. The van der Waals surface area contributed by atoms with E-state index in [4.69, 9.17) is 0 Å². The molecule has 0 saturated heterocycles. The van der Waals surface area contributed by atoms with Crippen LogP contribution in [0.2, 0.25) is 0 Å². The molecule has 0 aromatic carbocycles. The molecule has 1 aromatic heterocycles. The van der Waals surface area contributed by atoms with Crippen molar-refractivity contribution in [2.75, 3.05) is 5.33 Å². The summed E-state index contributed by atoms with van der Waals surface area (Å²) in [5, 5.41) is 5.21. The molecule has 1 atom stereocenters. The zero-order valence-electron chi connectivity index (χ0n) is 9.19. The summed E-state index contributed by atoms with van der Waals surface area (Å²) < 4.78 is 1.89. The monoisotopic (exact) mass is 271 g/mol. The van der Waals surface area contributed by atoms with E-state index in [-0.39, 0.29) is 0 Å². The van der Waals surface area contributed by atoms with Gasteiger partial charge in [-0.3, -0.25) is 4.68 Å². The van der Waals surface area contributed by atoms with Gasteiger partial charge >= 0.3 is 0 Å². The first-order valence-corrected chi connectivity index (χ1v) is 6.82. The van der Waals surface area contributed by atoms with Crippen molar-refractivity contribution >= 4 is 15.9 Å². The second-order valence-electron chi connectivity index (χ2n) is 4.46. The van der Waals surface area contributed by atoms with Gasteiger partial charge in [-0.05, 0) is 11.8 Å². The minimum Gasteiger partial charge on any atom is -0.253 e. The summed E-state index contributed by atoms with van der Waals surface area (Å²) in [4.78, 5) is 4.31. The lowest BCUT2D eigenvalue weighted by Gasteiger charge is -2.20. The van der Waals surface area contributed by atoms with E-state index in [1.807, 2.05) is 11.7 Å². The molecule has 0 bridgehead atoms. The van der Waals surface area contributed by atoms with Crippen LogP contribution in [0.25, 0.3) is 0 Å². The molecule has 2 rings (SSSR count). The summed E-state index contributed by atoms with van der Waals surface area (Å²) in [6.45, 7) is 0. The molecule has 1 aromatic rings. The van der Waals surface area contributed by atoms with Crippen LogP contribution in [-0.2, 0) is 13.5 Å². The van der Waals surface area contributed by atoms with Gasteiger partial charge in [0.2, 0.25) is 0 Å². The Kier molecular flexibility index (Phi) is 3.78. The Balaban J connectivity index is 1.98. The second-order valence-corrected chi connectivity index (χ2v) is 5.11. The van der Waals surface area contributed by atoms with Crippen LogP contribution in [0.1, 0.15) is 31.5 Å². The number of aryl methyl sites for hydroxylation is 1. The van der Waals surface area contributed by atoms with Crippen molar-refractivity contribution < 1.29 is 0 Å². The quantitative estimate of drug-likeness (QED) is 0.789. The molecule has 1 heterocycles. The lowest BCUT2D eigenvalue weighted by molar-refractivity contribution is 0.363. The average molecular weight is 272 g/mol. The number of nitrogens with zero attached hydrogens (tertiary/aromatic N) is 3. The normalized spacial score (nSPS) is 19.6. The van der Waals surface area contributed by atoms with Crippen LogP contribution in [0.5, 0.6) is 0 Å². The number of halogens is 1. The van der Waals surface area contributed by atoms with Crippen LogP contribution in [0, 0.1) is 11.8 Å². The van der Waals surface area contributed by atoms with Gasteiger partial charge in [0, 0.05) is 18.8 Å². The molecule has 1 fully saturated rings. The molecule has 1 aliphatic rings. The first kappa shape index (κ1) is 11.1. The van der Waals surface area contributed by atoms with E-state index in [9.17, 15) is 0 Å². The highest BCUT2D eigenvalue weighted by molar-refractivity contribution is 9.09. The van der Waals surface area contributed by atoms with E-state index in [1.165, 1.54) is 25.7 Å². The van der Waals surface area contributed by atoms with Gasteiger partial charge in [0.1, 0.15) is 12.2 Å². The molecule has 3 nitrogen and oxygen atoms in total. The van der Waals surface area contributed by atoms with E-state index < -0.39 is 0 Å². The van der Waals surface area contributed by atoms with Gasteiger partial charge in [-0.1, -0.05) is 41.6 Å². The number of alkyl halides is 1. The lowest BCUT2D eigenvalue weighted by atomic mass is 9.89. The summed E-state index contributed by atoms with van der Waals surface area (Å²) in [5.41, 5.74) is 0. The second kappa shape index (κ2) is 5.10. The topological polar surface area (TPSA) is 30.7 Å². The fourth-order valence-corrected chi connectivity index (χ4v) is 3.27. The molecule has 1 unspecified atom stereocenters. The van der Waals surface area contributed by atoms with E-state index in [1.54, 1.807) is 6.33 Å². The summed E-state index contributed by atoms with van der Waals surface area (Å²) in [6, 6.07) is 0. The molecule has 0 amide bonds. The zero-order chi connectivity index (χ0) is 10.7. The van der Waals surface area contributed by atoms with E-state index >= 15 is 0 Å². The van der Waals surface area contributed by atoms with Crippen molar-refractivity contribution in [3.63, 3.8) is 0 Å². The number of hydrogen-bond donors (Lipinski definition) is 0. The van der Waals surface area contributed by atoms with E-state index in [2.05, 4.69) is 26.0 Å². The molecule has 0 radical (unpaired) electrons. The molecule has 84 valence electrons. The van der Waals surface area contributed by atoms with Gasteiger partial charge < -0.3 is 0 Å². The number of hydrogen-bond acceptors (Lipinski definition) is 2. The van der Waals surface area contributed by atoms with Crippen LogP contribution in [0.15, 0.2) is 6.33 Å². The van der Waals surface area contributed by atoms with Gasteiger partial charge in [0.15, 0.2) is 0 Å². The molecule has 1 saturated carbocycles. The maximum atomic E-state index is 4.31. The molecule has 0 N–H and O–H groups in total. The number of aromatic nitrogens is 3. The third-order valence-corrected chi connectivity index (χ3v) is 4.35. The largest absolute Gasteiger partial charge is 0.253 e. The minimum absolute atomic E-state index is 0.732. The van der Waals surface area contributed by atoms with Crippen LogP contribution in [0.4, 0.5) is 0 Å². The maximum Gasteiger partial charge on any atom is 0.138 e. The van der Waals surface area contributed by atoms with Crippen molar-refractivity contribution in [1.29, 1.82) is 0 Å². The van der Waals surface area contributed by atoms with Gasteiger partial charge in [-0.2, -0.15) is 5.10 Å². The molecular formula is C11H18BrN3. The third-order valence-electron chi connectivity index (χ3n) is 3.51. The van der Waals surface area contributed by atoms with E-state index in [0.29, 0.717) is 0 Å². The SMILES string of the molecule is Cn1ncnc1CC(CBr)C1CCCC1. The van der Waals surface area contributed by atoms with Crippen molar-refractivity contribution in [3.8, 4) is 0 Å². The molecule has 0 spiro atoms. The first-order valence-electron chi connectivity index (χ1n) is 5.70. The molecule has 15 heavy (non-hydrogen) atoms. The van der Waals surface area contributed by atoms with Crippen molar-refractivity contribution in [2.24, 2.45) is 18.9 Å². The maximum absolute atomic E-state index is 4.31. The van der Waals surface area contributed by atoms with Crippen LogP contribution in [0.3, 0.4) is 0 Å². The highest BCUT2D eigenvalue weighted by Gasteiger charge is 2.25. The fraction of sp³-hybridized carbons (Fsp3) is 0.818. The minimum atomic E-state index is 0.732. The fourth-order valence-electron chi connectivity index (χ4n) is 2.52. The Labute approximate surface area is 99.4 Å². The predicted molar refractivity (Wildman–Crippen MR) is 63.9 cm³/mol. The summed E-state index contributed by atoms with van der Waals surface area (Å²) in [7, 11) is 1.97. The standard InChI is InChI=1S/C11H18BrN3/c1-15-11(13-8-14-15)6-10(7-12)9-4-2-3-5-9/h8-10H,2-7H2,1H3. The van der Waals surface area contributed by atoms with Crippen LogP contribution in [-0.4, -0.2) is 20.1 Å². The van der Waals surface area contributed by atoms with Crippen molar-refractivity contribution in [1.82, 2.24) is 14.8 Å². The molecule has 0 aliphatic heterocycles. The van der Waals surface area contributed by atoms with Gasteiger partial charge in [0.05, 0.1) is 0 Å². The first-order chi connectivity index (χ1) is 7.31. The molecule has 1 aliphatic carbocycles. The lowest BCUT2D eigenvalue weighted by Crippen LogP contribution is -2.18. The third kappa shape index (κ3) is 2.60. The summed E-state index contributed by atoms with van der Waals surface area (Å²) in [5.74, 6) is 2.74. The van der Waals surface area contributed by atoms with Crippen LogP contribution < -0.4 is 0 Å². The summed E-state index contributed by atoms with van der Waals surface area (Å²) in [6.07, 6.45) is 8.32.